The van der Waals surface area contributed by atoms with Gasteiger partial charge in [-0.25, -0.2) is 0 Å². The third-order valence-corrected chi connectivity index (χ3v) is 3.55. The fourth-order valence-electron chi connectivity index (χ4n) is 1.57. The standard InChI is InChI=1S/C14H13Br2NO2/c1-2-18-12-4-3-5-13(14(12)17)19-11-7-6-9(15)8-10(11)16/h3-8H,2,17H2,1H3. The predicted octanol–water partition coefficient (Wildman–Crippen LogP) is 4.98. The monoisotopic (exact) mass is 385 g/mol. The largest absolute Gasteiger partial charge is 0.492 e. The molecule has 0 aliphatic heterocycles. The summed E-state index contributed by atoms with van der Waals surface area (Å²) in [5.74, 6) is 1.91. The maximum absolute atomic E-state index is 6.02. The van der Waals surface area contributed by atoms with Gasteiger partial charge in [0.1, 0.15) is 17.2 Å². The molecule has 5 heteroatoms. The van der Waals surface area contributed by atoms with Crippen molar-refractivity contribution >= 4 is 37.5 Å². The maximum atomic E-state index is 6.02. The highest BCUT2D eigenvalue weighted by Crippen LogP contribution is 2.37. The molecule has 0 saturated carbocycles. The summed E-state index contributed by atoms with van der Waals surface area (Å²) in [6, 6.07) is 11.2. The summed E-state index contributed by atoms with van der Waals surface area (Å²) < 4.78 is 13.1. The summed E-state index contributed by atoms with van der Waals surface area (Å²) >= 11 is 6.85. The van der Waals surface area contributed by atoms with Crippen LogP contribution in [0.5, 0.6) is 17.2 Å². The highest BCUT2D eigenvalue weighted by atomic mass is 79.9. The molecule has 3 nitrogen and oxygen atoms in total. The van der Waals surface area contributed by atoms with Gasteiger partial charge in [0, 0.05) is 4.47 Å². The van der Waals surface area contributed by atoms with Crippen LogP contribution in [0.25, 0.3) is 0 Å². The van der Waals surface area contributed by atoms with Gasteiger partial charge in [0.2, 0.25) is 0 Å². The molecule has 2 rings (SSSR count). The summed E-state index contributed by atoms with van der Waals surface area (Å²) in [7, 11) is 0. The van der Waals surface area contributed by atoms with Gasteiger partial charge in [-0.05, 0) is 53.2 Å². The summed E-state index contributed by atoms with van der Waals surface area (Å²) in [5.41, 5.74) is 6.52. The molecule has 100 valence electrons. The topological polar surface area (TPSA) is 44.5 Å². The van der Waals surface area contributed by atoms with Crippen LogP contribution in [-0.4, -0.2) is 6.61 Å². The van der Waals surface area contributed by atoms with Crippen LogP contribution in [0.4, 0.5) is 5.69 Å². The number of hydrogen-bond donors (Lipinski definition) is 1. The fourth-order valence-corrected chi connectivity index (χ4v) is 2.70. The van der Waals surface area contributed by atoms with Gasteiger partial charge in [-0.15, -0.1) is 0 Å². The minimum atomic E-state index is 0.499. The van der Waals surface area contributed by atoms with Crippen LogP contribution < -0.4 is 15.2 Å². The van der Waals surface area contributed by atoms with Gasteiger partial charge >= 0.3 is 0 Å². The second-order valence-corrected chi connectivity index (χ2v) is 5.55. The molecule has 2 aromatic carbocycles. The van der Waals surface area contributed by atoms with E-state index < -0.39 is 0 Å². The van der Waals surface area contributed by atoms with Crippen LogP contribution in [0.3, 0.4) is 0 Å². The fraction of sp³-hybridized carbons (Fsp3) is 0.143. The molecule has 2 N–H and O–H groups in total. The van der Waals surface area contributed by atoms with Crippen molar-refractivity contribution in [3.05, 3.63) is 45.3 Å². The minimum absolute atomic E-state index is 0.499. The first-order chi connectivity index (χ1) is 9.11. The molecular formula is C14H13Br2NO2. The van der Waals surface area contributed by atoms with E-state index in [0.717, 1.165) is 8.95 Å². The number of benzene rings is 2. The Balaban J connectivity index is 2.30. The van der Waals surface area contributed by atoms with Gasteiger partial charge in [-0.2, -0.15) is 0 Å². The Morgan fingerprint density at radius 3 is 2.47 bits per heavy atom. The predicted molar refractivity (Wildman–Crippen MR) is 83.9 cm³/mol. The van der Waals surface area contributed by atoms with Crippen LogP contribution >= 0.6 is 31.9 Å². The lowest BCUT2D eigenvalue weighted by Crippen LogP contribution is -1.99. The number of anilines is 1. The van der Waals surface area contributed by atoms with Crippen molar-refractivity contribution in [2.24, 2.45) is 0 Å². The number of ether oxygens (including phenoxy) is 2. The highest BCUT2D eigenvalue weighted by molar-refractivity contribution is 9.11. The van der Waals surface area contributed by atoms with Crippen molar-refractivity contribution in [1.82, 2.24) is 0 Å². The molecule has 0 saturated heterocycles. The van der Waals surface area contributed by atoms with Crippen molar-refractivity contribution < 1.29 is 9.47 Å². The van der Waals surface area contributed by atoms with Gasteiger partial charge in [0.25, 0.3) is 0 Å². The maximum Gasteiger partial charge on any atom is 0.154 e. The molecule has 0 aliphatic rings. The lowest BCUT2D eigenvalue weighted by Gasteiger charge is -2.13. The first kappa shape index (κ1) is 14.2. The lowest BCUT2D eigenvalue weighted by molar-refractivity contribution is 0.340. The van der Waals surface area contributed by atoms with Crippen LogP contribution in [-0.2, 0) is 0 Å². The number of halogens is 2. The van der Waals surface area contributed by atoms with Gasteiger partial charge in [0.15, 0.2) is 5.75 Å². The highest BCUT2D eigenvalue weighted by Gasteiger charge is 2.09. The number of hydrogen-bond acceptors (Lipinski definition) is 3. The average Bonchev–Trinajstić information content (AvgIpc) is 2.37. The first-order valence-electron chi connectivity index (χ1n) is 5.76. The molecule has 0 aromatic heterocycles. The Labute approximate surface area is 129 Å². The second kappa shape index (κ2) is 6.30. The van der Waals surface area contributed by atoms with Gasteiger partial charge < -0.3 is 15.2 Å². The Bertz CT molecular complexity index is 588. The molecule has 19 heavy (non-hydrogen) atoms. The van der Waals surface area contributed by atoms with Crippen LogP contribution in [0.15, 0.2) is 45.3 Å². The summed E-state index contributed by atoms with van der Waals surface area (Å²) in [5, 5.41) is 0. The molecule has 2 aromatic rings. The van der Waals surface area contributed by atoms with Gasteiger partial charge in [0.05, 0.1) is 11.1 Å². The molecule has 0 aliphatic carbocycles. The van der Waals surface area contributed by atoms with Crippen LogP contribution in [0, 0.1) is 0 Å². The lowest BCUT2D eigenvalue weighted by atomic mass is 10.2. The van der Waals surface area contributed by atoms with E-state index in [-0.39, 0.29) is 0 Å². The zero-order valence-corrected chi connectivity index (χ0v) is 13.5. The Hall–Kier alpha value is -1.20. The number of rotatable bonds is 4. The smallest absolute Gasteiger partial charge is 0.154 e. The van der Waals surface area contributed by atoms with E-state index in [1.165, 1.54) is 0 Å². The second-order valence-electron chi connectivity index (χ2n) is 3.78. The minimum Gasteiger partial charge on any atom is -0.492 e. The third-order valence-electron chi connectivity index (χ3n) is 2.44. The van der Waals surface area contributed by atoms with Crippen LogP contribution in [0.2, 0.25) is 0 Å². The molecule has 0 radical (unpaired) electrons. The number of para-hydroxylation sites is 1. The van der Waals surface area contributed by atoms with Crippen molar-refractivity contribution in [2.45, 2.75) is 6.92 Å². The molecule has 0 atom stereocenters. The number of nitrogens with two attached hydrogens (primary N) is 1. The van der Waals surface area contributed by atoms with Gasteiger partial charge in [-0.3, -0.25) is 0 Å². The molecule has 0 amide bonds. The van der Waals surface area contributed by atoms with Crippen molar-refractivity contribution in [3.63, 3.8) is 0 Å². The van der Waals surface area contributed by atoms with E-state index in [1.54, 1.807) is 0 Å². The summed E-state index contributed by atoms with van der Waals surface area (Å²) in [6.07, 6.45) is 0. The van der Waals surface area contributed by atoms with Crippen molar-refractivity contribution in [3.8, 4) is 17.2 Å². The van der Waals surface area contributed by atoms with Crippen molar-refractivity contribution in [1.29, 1.82) is 0 Å². The summed E-state index contributed by atoms with van der Waals surface area (Å²) in [6.45, 7) is 2.48. The molecular weight excluding hydrogens is 374 g/mol. The quantitative estimate of drug-likeness (QED) is 0.753. The van der Waals surface area contributed by atoms with Crippen molar-refractivity contribution in [2.75, 3.05) is 12.3 Å². The Kier molecular flexibility index (Phi) is 4.71. The molecule has 0 heterocycles. The molecule has 0 bridgehead atoms. The number of nitrogen functional groups attached to an aromatic ring is 1. The van der Waals surface area contributed by atoms with E-state index in [4.69, 9.17) is 15.2 Å². The van der Waals surface area contributed by atoms with Gasteiger partial charge in [-0.1, -0.05) is 22.0 Å². The normalized spacial score (nSPS) is 10.3. The third kappa shape index (κ3) is 3.42. The molecule has 0 spiro atoms. The molecule has 0 unspecified atom stereocenters. The zero-order chi connectivity index (χ0) is 13.8. The first-order valence-corrected chi connectivity index (χ1v) is 7.34. The zero-order valence-electron chi connectivity index (χ0n) is 10.3. The Morgan fingerprint density at radius 2 is 1.79 bits per heavy atom. The van der Waals surface area contributed by atoms with E-state index in [1.807, 2.05) is 43.3 Å². The Morgan fingerprint density at radius 1 is 1.05 bits per heavy atom. The van der Waals surface area contributed by atoms with E-state index in [9.17, 15) is 0 Å². The summed E-state index contributed by atoms with van der Waals surface area (Å²) in [4.78, 5) is 0. The van der Waals surface area contributed by atoms with E-state index in [0.29, 0.717) is 29.5 Å². The average molecular weight is 387 g/mol. The van der Waals surface area contributed by atoms with E-state index in [2.05, 4.69) is 31.9 Å². The van der Waals surface area contributed by atoms with E-state index >= 15 is 0 Å². The molecule has 0 fully saturated rings. The van der Waals surface area contributed by atoms with Crippen LogP contribution in [0.1, 0.15) is 6.92 Å². The SMILES string of the molecule is CCOc1cccc(Oc2ccc(Br)cc2Br)c1N.